The molecule has 1 heterocycles. The number of rotatable bonds is 2. The normalized spacial score (nSPS) is 20.8. The van der Waals surface area contributed by atoms with Gasteiger partial charge in [-0.3, -0.25) is 4.98 Å². The van der Waals surface area contributed by atoms with Crippen molar-refractivity contribution in [3.05, 3.63) is 59.4 Å². The van der Waals surface area contributed by atoms with E-state index in [1.54, 1.807) is 30.5 Å². The van der Waals surface area contributed by atoms with Crippen LogP contribution in [0.15, 0.2) is 42.6 Å². The second kappa shape index (κ2) is 4.35. The fourth-order valence-electron chi connectivity index (χ4n) is 2.96. The first kappa shape index (κ1) is 12.2. The number of aromatic nitrogens is 1. The fraction of sp³-hybridized carbons (Fsp3) is 0.312. The molecule has 19 heavy (non-hydrogen) atoms. The van der Waals surface area contributed by atoms with Crippen molar-refractivity contribution in [2.45, 2.75) is 31.3 Å². The average molecular weight is 255 g/mol. The van der Waals surface area contributed by atoms with Gasteiger partial charge in [0.25, 0.3) is 0 Å². The predicted molar refractivity (Wildman–Crippen MR) is 73.0 cm³/mol. The smallest absolute Gasteiger partial charge is 0.115 e. The molecule has 2 aromatic rings. The average Bonchev–Trinajstić information content (AvgIpc) is 2.83. The van der Waals surface area contributed by atoms with E-state index < -0.39 is 5.60 Å². The van der Waals surface area contributed by atoms with E-state index in [0.29, 0.717) is 0 Å². The Hall–Kier alpha value is -1.87. The molecule has 0 saturated carbocycles. The lowest BCUT2D eigenvalue weighted by atomic mass is 9.81. The molecule has 0 radical (unpaired) electrons. The number of phenols is 1. The minimum Gasteiger partial charge on any atom is -0.508 e. The summed E-state index contributed by atoms with van der Waals surface area (Å²) in [5.74, 6) is 0.220. The summed E-state index contributed by atoms with van der Waals surface area (Å²) < 4.78 is 0. The summed E-state index contributed by atoms with van der Waals surface area (Å²) >= 11 is 0. The molecule has 0 spiro atoms. The third-order valence-electron chi connectivity index (χ3n) is 4.09. The number of benzene rings is 1. The lowest BCUT2D eigenvalue weighted by Crippen LogP contribution is -2.29. The van der Waals surface area contributed by atoms with Crippen molar-refractivity contribution in [2.75, 3.05) is 0 Å². The van der Waals surface area contributed by atoms with Gasteiger partial charge in [0, 0.05) is 17.8 Å². The van der Waals surface area contributed by atoms with Crippen molar-refractivity contribution >= 4 is 0 Å². The van der Waals surface area contributed by atoms with Crippen LogP contribution in [0.3, 0.4) is 0 Å². The molecule has 0 bridgehead atoms. The van der Waals surface area contributed by atoms with Gasteiger partial charge >= 0.3 is 0 Å². The van der Waals surface area contributed by atoms with Gasteiger partial charge in [-0.05, 0) is 49.1 Å². The van der Waals surface area contributed by atoms with Crippen LogP contribution in [0, 0.1) is 0 Å². The van der Waals surface area contributed by atoms with E-state index in [4.69, 9.17) is 0 Å². The number of aromatic hydroxyl groups is 1. The zero-order chi connectivity index (χ0) is 13.5. The maximum Gasteiger partial charge on any atom is 0.115 e. The van der Waals surface area contributed by atoms with E-state index in [2.05, 4.69) is 11.1 Å². The molecule has 0 amide bonds. The molecule has 2 unspecified atom stereocenters. The summed E-state index contributed by atoms with van der Waals surface area (Å²) in [6.45, 7) is 1.83. The number of aryl methyl sites for hydroxylation is 1. The van der Waals surface area contributed by atoms with Gasteiger partial charge in [0.1, 0.15) is 5.75 Å². The van der Waals surface area contributed by atoms with Crippen LogP contribution in [-0.4, -0.2) is 15.2 Å². The zero-order valence-corrected chi connectivity index (χ0v) is 10.9. The minimum atomic E-state index is -0.965. The van der Waals surface area contributed by atoms with Gasteiger partial charge in [-0.25, -0.2) is 0 Å². The largest absolute Gasteiger partial charge is 0.508 e. The zero-order valence-electron chi connectivity index (χ0n) is 10.9. The molecule has 1 aromatic carbocycles. The highest BCUT2D eigenvalue weighted by Crippen LogP contribution is 2.44. The summed E-state index contributed by atoms with van der Waals surface area (Å²) in [5, 5.41) is 20.3. The molecule has 0 aliphatic heterocycles. The molecule has 3 nitrogen and oxygen atoms in total. The molecule has 0 fully saturated rings. The van der Waals surface area contributed by atoms with Gasteiger partial charge in [0.05, 0.1) is 5.60 Å². The Morgan fingerprint density at radius 1 is 1.21 bits per heavy atom. The first-order chi connectivity index (χ1) is 9.09. The second-order valence-corrected chi connectivity index (χ2v) is 5.33. The highest BCUT2D eigenvalue weighted by molar-refractivity contribution is 5.37. The molecule has 1 aliphatic rings. The Kier molecular flexibility index (Phi) is 2.79. The summed E-state index contributed by atoms with van der Waals surface area (Å²) in [4.78, 5) is 4.44. The van der Waals surface area contributed by atoms with Crippen LogP contribution < -0.4 is 0 Å². The van der Waals surface area contributed by atoms with Gasteiger partial charge in [-0.15, -0.1) is 0 Å². The lowest BCUT2D eigenvalue weighted by Gasteiger charge is -2.30. The van der Waals surface area contributed by atoms with E-state index in [-0.39, 0.29) is 11.7 Å². The van der Waals surface area contributed by atoms with E-state index >= 15 is 0 Å². The van der Waals surface area contributed by atoms with Crippen molar-refractivity contribution in [1.82, 2.24) is 4.98 Å². The molecule has 0 saturated heterocycles. The first-order valence-corrected chi connectivity index (χ1v) is 6.54. The van der Waals surface area contributed by atoms with E-state index in [9.17, 15) is 10.2 Å². The maximum atomic E-state index is 10.9. The van der Waals surface area contributed by atoms with Crippen LogP contribution in [0.25, 0.3) is 0 Å². The molecule has 1 aliphatic carbocycles. The molecule has 2 N–H and O–H groups in total. The van der Waals surface area contributed by atoms with Crippen molar-refractivity contribution in [3.8, 4) is 5.75 Å². The van der Waals surface area contributed by atoms with Gasteiger partial charge in [0.15, 0.2) is 0 Å². The van der Waals surface area contributed by atoms with Crippen LogP contribution in [0.2, 0.25) is 0 Å². The van der Waals surface area contributed by atoms with E-state index in [1.807, 2.05) is 13.0 Å². The lowest BCUT2D eigenvalue weighted by molar-refractivity contribution is 0.0256. The van der Waals surface area contributed by atoms with Crippen LogP contribution in [0.5, 0.6) is 5.75 Å². The highest BCUT2D eigenvalue weighted by atomic mass is 16.3. The Bertz CT molecular complexity index is 590. The minimum absolute atomic E-state index is 0.00763. The Morgan fingerprint density at radius 3 is 2.68 bits per heavy atom. The summed E-state index contributed by atoms with van der Waals surface area (Å²) in [6, 6.07) is 10.8. The SMILES string of the molecule is CC(O)(c1ccc(O)cc1)C1CCc2cccnc21. The third-order valence-corrected chi connectivity index (χ3v) is 4.09. The topological polar surface area (TPSA) is 53.4 Å². The molecule has 3 heteroatoms. The number of phenolic OH excluding ortho intramolecular Hbond substituents is 1. The van der Waals surface area contributed by atoms with Crippen LogP contribution in [0.1, 0.15) is 36.1 Å². The van der Waals surface area contributed by atoms with Crippen LogP contribution in [0.4, 0.5) is 0 Å². The molecule has 98 valence electrons. The molecule has 3 rings (SSSR count). The first-order valence-electron chi connectivity index (χ1n) is 6.54. The van der Waals surface area contributed by atoms with Crippen LogP contribution >= 0.6 is 0 Å². The van der Waals surface area contributed by atoms with Crippen molar-refractivity contribution in [2.24, 2.45) is 0 Å². The van der Waals surface area contributed by atoms with E-state index in [1.165, 1.54) is 5.56 Å². The predicted octanol–water partition coefficient (Wildman–Crippen LogP) is 2.72. The Morgan fingerprint density at radius 2 is 1.95 bits per heavy atom. The van der Waals surface area contributed by atoms with Gasteiger partial charge < -0.3 is 10.2 Å². The van der Waals surface area contributed by atoms with Crippen LogP contribution in [-0.2, 0) is 12.0 Å². The summed E-state index contributed by atoms with van der Waals surface area (Å²) in [5.41, 5.74) is 2.08. The monoisotopic (exact) mass is 255 g/mol. The Labute approximate surface area is 112 Å². The quantitative estimate of drug-likeness (QED) is 0.867. The molecule has 1 aromatic heterocycles. The molecular formula is C16H17NO2. The highest BCUT2D eigenvalue weighted by Gasteiger charge is 2.39. The van der Waals surface area contributed by atoms with Crippen molar-refractivity contribution in [3.63, 3.8) is 0 Å². The number of fused-ring (bicyclic) bond motifs is 1. The van der Waals surface area contributed by atoms with Crippen molar-refractivity contribution in [1.29, 1.82) is 0 Å². The Balaban J connectivity index is 2.00. The molecular weight excluding hydrogens is 238 g/mol. The summed E-state index contributed by atoms with van der Waals surface area (Å²) in [6.07, 6.45) is 3.65. The van der Waals surface area contributed by atoms with Gasteiger partial charge in [-0.2, -0.15) is 0 Å². The maximum absolute atomic E-state index is 10.9. The number of nitrogens with zero attached hydrogens (tertiary/aromatic N) is 1. The number of hydrogen-bond acceptors (Lipinski definition) is 3. The van der Waals surface area contributed by atoms with E-state index in [0.717, 1.165) is 24.1 Å². The number of aliphatic hydroxyl groups is 1. The third kappa shape index (κ3) is 2.00. The van der Waals surface area contributed by atoms with Gasteiger partial charge in [0.2, 0.25) is 0 Å². The number of hydrogen-bond donors (Lipinski definition) is 2. The molecule has 2 atom stereocenters. The second-order valence-electron chi connectivity index (χ2n) is 5.33. The summed E-state index contributed by atoms with van der Waals surface area (Å²) in [7, 11) is 0. The fourth-order valence-corrected chi connectivity index (χ4v) is 2.96. The number of pyridine rings is 1. The van der Waals surface area contributed by atoms with Gasteiger partial charge in [-0.1, -0.05) is 18.2 Å². The van der Waals surface area contributed by atoms with Crippen molar-refractivity contribution < 1.29 is 10.2 Å². The standard InChI is InChI=1S/C16H17NO2/c1-16(19,12-5-7-13(18)8-6-12)14-9-4-11-3-2-10-17-15(11)14/h2-3,5-8,10,14,18-19H,4,9H2,1H3.